The van der Waals surface area contributed by atoms with Crippen molar-refractivity contribution in [2.24, 2.45) is 0 Å². The Balaban J connectivity index is 3.31. The van der Waals surface area contributed by atoms with Crippen LogP contribution in [-0.4, -0.2) is 0 Å². The number of allylic oxidation sites excluding steroid dienone is 2. The first kappa shape index (κ1) is 14.4. The summed E-state index contributed by atoms with van der Waals surface area (Å²) in [5, 5.41) is 0. The minimum atomic E-state index is 0.206. The van der Waals surface area contributed by atoms with E-state index in [1.807, 2.05) is 13.0 Å². The smallest absolute Gasteiger partial charge is 0.0587 e. The van der Waals surface area contributed by atoms with Crippen LogP contribution < -0.4 is 0 Å². The van der Waals surface area contributed by atoms with Gasteiger partial charge in [-0.25, -0.2) is 0 Å². The summed E-state index contributed by atoms with van der Waals surface area (Å²) in [6, 6.07) is 2.08. The van der Waals surface area contributed by atoms with Crippen LogP contribution in [0.25, 0.3) is 0 Å². The molecule has 0 fully saturated rings. The maximum absolute atomic E-state index is 3.62. The Morgan fingerprint density at radius 2 is 1.67 bits per heavy atom. The molecule has 0 spiro atoms. The van der Waals surface area contributed by atoms with Crippen LogP contribution in [0.2, 0.25) is 0 Å². The summed E-state index contributed by atoms with van der Waals surface area (Å²) < 4.78 is 4.11. The number of hydrogen-bond acceptors (Lipinski definition) is 0. The normalized spacial score (nSPS) is 13.5. The van der Waals surface area contributed by atoms with Gasteiger partial charge in [0.1, 0.15) is 0 Å². The predicted molar refractivity (Wildman–Crippen MR) is 83.7 cm³/mol. The highest BCUT2D eigenvalue weighted by Gasteiger charge is 2.15. The lowest BCUT2D eigenvalue weighted by atomic mass is 10.1. The summed E-state index contributed by atoms with van der Waals surface area (Å²) >= 11 is 17.7. The number of halogens is 5. The summed E-state index contributed by atoms with van der Waals surface area (Å²) in [4.78, 5) is 0.206. The Morgan fingerprint density at radius 1 is 1.07 bits per heavy atom. The van der Waals surface area contributed by atoms with Gasteiger partial charge in [-0.05, 0) is 82.3 Å². The van der Waals surface area contributed by atoms with Crippen molar-refractivity contribution >= 4 is 79.6 Å². The van der Waals surface area contributed by atoms with Gasteiger partial charge < -0.3 is 0 Å². The molecule has 0 saturated heterocycles. The SMILES string of the molecule is CC=CC(Br)c1cc(Br)c(Br)c(Br)c1Br. The highest BCUT2D eigenvalue weighted by atomic mass is 79.9. The Hall–Kier alpha value is 1.36. The van der Waals surface area contributed by atoms with E-state index in [9.17, 15) is 0 Å². The lowest BCUT2D eigenvalue weighted by molar-refractivity contribution is 1.21. The molecule has 0 amide bonds. The van der Waals surface area contributed by atoms with E-state index in [2.05, 4.69) is 91.8 Å². The van der Waals surface area contributed by atoms with Gasteiger partial charge in [0.15, 0.2) is 0 Å². The Kier molecular flexibility index (Phi) is 6.09. The molecule has 1 rings (SSSR count). The molecule has 15 heavy (non-hydrogen) atoms. The summed E-state index contributed by atoms with van der Waals surface area (Å²) in [6.07, 6.45) is 4.11. The Morgan fingerprint density at radius 3 is 2.20 bits per heavy atom. The molecule has 82 valence electrons. The van der Waals surface area contributed by atoms with Crippen LogP contribution in [0.15, 0.2) is 36.1 Å². The van der Waals surface area contributed by atoms with E-state index in [0.717, 1.165) is 17.9 Å². The van der Waals surface area contributed by atoms with Crippen LogP contribution in [-0.2, 0) is 0 Å². The predicted octanol–water partition coefficient (Wildman–Crippen LogP) is 6.75. The summed E-state index contributed by atoms with van der Waals surface area (Å²) in [5.74, 6) is 0. The molecule has 1 aromatic rings. The van der Waals surface area contributed by atoms with Gasteiger partial charge in [0.25, 0.3) is 0 Å². The van der Waals surface area contributed by atoms with Crippen LogP contribution in [0.3, 0.4) is 0 Å². The van der Waals surface area contributed by atoms with Crippen molar-refractivity contribution in [3.63, 3.8) is 0 Å². The van der Waals surface area contributed by atoms with E-state index in [1.54, 1.807) is 0 Å². The average molecular weight is 527 g/mol. The van der Waals surface area contributed by atoms with Gasteiger partial charge >= 0.3 is 0 Å². The van der Waals surface area contributed by atoms with Crippen LogP contribution in [0.1, 0.15) is 17.3 Å². The third-order valence-corrected chi connectivity index (χ3v) is 7.28. The molecule has 0 aliphatic carbocycles. The minimum absolute atomic E-state index is 0.206. The van der Waals surface area contributed by atoms with Crippen molar-refractivity contribution in [1.29, 1.82) is 0 Å². The van der Waals surface area contributed by atoms with Crippen LogP contribution >= 0.6 is 79.6 Å². The van der Waals surface area contributed by atoms with Crippen LogP contribution in [0.4, 0.5) is 0 Å². The molecule has 1 unspecified atom stereocenters. The second kappa shape index (κ2) is 6.34. The van der Waals surface area contributed by atoms with Gasteiger partial charge in [-0.3, -0.25) is 0 Å². The molecule has 1 aromatic carbocycles. The molecule has 1 atom stereocenters. The van der Waals surface area contributed by atoms with E-state index in [0.29, 0.717) is 0 Å². The first-order valence-corrected chi connectivity index (χ1v) is 8.17. The highest BCUT2D eigenvalue weighted by molar-refractivity contribution is 9.15. The summed E-state index contributed by atoms with van der Waals surface area (Å²) in [7, 11) is 0. The molecule has 0 saturated carbocycles. The Labute approximate surface area is 132 Å². The second-order valence-electron chi connectivity index (χ2n) is 2.82. The zero-order valence-electron chi connectivity index (χ0n) is 7.70. The largest absolute Gasteiger partial charge is 0.0902 e. The van der Waals surface area contributed by atoms with Gasteiger partial charge in [0.05, 0.1) is 4.83 Å². The number of alkyl halides is 1. The summed E-state index contributed by atoms with van der Waals surface area (Å²) in [5.41, 5.74) is 1.18. The minimum Gasteiger partial charge on any atom is -0.0902 e. The van der Waals surface area contributed by atoms with Gasteiger partial charge in [0.2, 0.25) is 0 Å². The number of rotatable bonds is 2. The van der Waals surface area contributed by atoms with E-state index in [4.69, 9.17) is 0 Å². The fourth-order valence-electron chi connectivity index (χ4n) is 1.06. The molecule has 0 radical (unpaired) electrons. The molecular formula is C10H7Br5. The third kappa shape index (κ3) is 3.41. The molecule has 0 nitrogen and oxygen atoms in total. The van der Waals surface area contributed by atoms with Gasteiger partial charge in [-0.15, -0.1) is 0 Å². The Bertz CT molecular complexity index is 397. The van der Waals surface area contributed by atoms with E-state index in [-0.39, 0.29) is 4.83 Å². The van der Waals surface area contributed by atoms with Crippen LogP contribution in [0, 0.1) is 0 Å². The second-order valence-corrected chi connectivity index (χ2v) is 7.04. The van der Waals surface area contributed by atoms with Crippen molar-refractivity contribution in [3.05, 3.63) is 41.7 Å². The average Bonchev–Trinajstić information content (AvgIpc) is 2.20. The molecule has 0 heterocycles. The fraction of sp³-hybridized carbons (Fsp3) is 0.200. The summed E-state index contributed by atoms with van der Waals surface area (Å²) in [6.45, 7) is 2.01. The van der Waals surface area contributed by atoms with Gasteiger partial charge in [-0.1, -0.05) is 28.1 Å². The quantitative estimate of drug-likeness (QED) is 0.173. The zero-order chi connectivity index (χ0) is 11.6. The fourth-order valence-corrected chi connectivity index (χ4v) is 4.33. The number of benzene rings is 1. The lowest BCUT2D eigenvalue weighted by Gasteiger charge is -2.12. The molecule has 0 aliphatic heterocycles. The highest BCUT2D eigenvalue weighted by Crippen LogP contribution is 2.43. The molecule has 5 heteroatoms. The third-order valence-electron chi connectivity index (χ3n) is 1.79. The van der Waals surface area contributed by atoms with Crippen LogP contribution in [0.5, 0.6) is 0 Å². The maximum Gasteiger partial charge on any atom is 0.0587 e. The van der Waals surface area contributed by atoms with Crippen molar-refractivity contribution in [3.8, 4) is 0 Å². The van der Waals surface area contributed by atoms with Crippen molar-refractivity contribution in [1.82, 2.24) is 0 Å². The topological polar surface area (TPSA) is 0 Å². The maximum atomic E-state index is 3.62. The standard InChI is InChI=1S/C10H7Br5/c1-2-3-6(11)5-4-7(12)9(14)10(15)8(5)13/h2-4,6H,1H3. The monoisotopic (exact) mass is 522 g/mol. The van der Waals surface area contributed by atoms with Crippen molar-refractivity contribution in [2.45, 2.75) is 11.8 Å². The van der Waals surface area contributed by atoms with E-state index in [1.165, 1.54) is 5.56 Å². The van der Waals surface area contributed by atoms with Gasteiger partial charge in [-0.2, -0.15) is 0 Å². The lowest BCUT2D eigenvalue weighted by Crippen LogP contribution is -1.90. The van der Waals surface area contributed by atoms with Gasteiger partial charge in [0, 0.05) is 17.9 Å². The first-order chi connectivity index (χ1) is 6.99. The molecule has 0 aliphatic rings. The van der Waals surface area contributed by atoms with E-state index < -0.39 is 0 Å². The van der Waals surface area contributed by atoms with Crippen molar-refractivity contribution in [2.75, 3.05) is 0 Å². The first-order valence-electron chi connectivity index (χ1n) is 4.08. The van der Waals surface area contributed by atoms with Crippen molar-refractivity contribution < 1.29 is 0 Å². The zero-order valence-corrected chi connectivity index (χ0v) is 15.6. The molecule has 0 N–H and O–H groups in total. The van der Waals surface area contributed by atoms with E-state index >= 15 is 0 Å². The molecule has 0 bridgehead atoms. The molecular weight excluding hydrogens is 520 g/mol. The number of hydrogen-bond donors (Lipinski definition) is 0. The molecule has 0 aromatic heterocycles.